The van der Waals surface area contributed by atoms with Gasteiger partial charge in [-0.15, -0.1) is 24.0 Å². The van der Waals surface area contributed by atoms with Crippen molar-refractivity contribution in [2.75, 3.05) is 27.7 Å². The van der Waals surface area contributed by atoms with E-state index in [9.17, 15) is 4.79 Å². The van der Waals surface area contributed by atoms with Gasteiger partial charge >= 0.3 is 0 Å². The molecule has 0 aliphatic carbocycles. The minimum atomic E-state index is 0. The molecule has 2 N–H and O–H groups in total. The number of hydrogen-bond donors (Lipinski definition) is 2. The Kier molecular flexibility index (Phi) is 10.6. The summed E-state index contributed by atoms with van der Waals surface area (Å²) >= 11 is 6.10. The predicted octanol–water partition coefficient (Wildman–Crippen LogP) is 4.59. The van der Waals surface area contributed by atoms with Crippen molar-refractivity contribution >= 4 is 47.4 Å². The van der Waals surface area contributed by atoms with Crippen molar-refractivity contribution in [3.05, 3.63) is 70.2 Å². The van der Waals surface area contributed by atoms with E-state index in [-0.39, 0.29) is 35.3 Å². The molecule has 0 spiro atoms. The molecule has 2 aromatic carbocycles. The van der Waals surface area contributed by atoms with Crippen molar-refractivity contribution in [2.45, 2.75) is 26.8 Å². The Morgan fingerprint density at radius 2 is 1.73 bits per heavy atom. The molecule has 0 saturated carbocycles. The molecule has 0 heterocycles. The van der Waals surface area contributed by atoms with Crippen molar-refractivity contribution in [3.63, 3.8) is 0 Å². The van der Waals surface area contributed by atoms with Crippen molar-refractivity contribution in [1.82, 2.24) is 15.5 Å². The topological polar surface area (TPSA) is 56.7 Å². The molecule has 0 aliphatic rings. The number of carbonyl (C=O) groups excluding carboxylic acids is 1. The minimum Gasteiger partial charge on any atom is -0.356 e. The van der Waals surface area contributed by atoms with E-state index in [1.165, 1.54) is 5.56 Å². The second kappa shape index (κ2) is 12.2. The van der Waals surface area contributed by atoms with Gasteiger partial charge in [0.15, 0.2) is 5.96 Å². The molecular formula is C23H32ClIN4O. The number of nitrogens with zero attached hydrogens (tertiary/aromatic N) is 2. The first-order chi connectivity index (χ1) is 13.7. The highest BCUT2D eigenvalue weighted by molar-refractivity contribution is 14.0. The van der Waals surface area contributed by atoms with Crippen LogP contribution in [0.1, 0.15) is 35.3 Å². The zero-order valence-corrected chi connectivity index (χ0v) is 21.4. The van der Waals surface area contributed by atoms with Gasteiger partial charge < -0.3 is 15.5 Å². The van der Waals surface area contributed by atoms with Crippen LogP contribution in [0.3, 0.4) is 0 Å². The van der Waals surface area contributed by atoms with Crippen LogP contribution >= 0.6 is 35.6 Å². The van der Waals surface area contributed by atoms with Crippen LogP contribution in [0.15, 0.2) is 53.5 Å². The molecule has 2 rings (SSSR count). The molecule has 0 aromatic heterocycles. The number of carbonyl (C=O) groups is 1. The molecule has 0 fully saturated rings. The second-order valence-electron chi connectivity index (χ2n) is 8.15. The largest absolute Gasteiger partial charge is 0.356 e. The van der Waals surface area contributed by atoms with E-state index in [4.69, 9.17) is 11.6 Å². The summed E-state index contributed by atoms with van der Waals surface area (Å²) in [4.78, 5) is 17.9. The molecule has 0 bridgehead atoms. The number of halogens is 2. The van der Waals surface area contributed by atoms with E-state index in [0.29, 0.717) is 12.1 Å². The standard InChI is InChI=1S/C23H31ClN4O.HI/c1-23(2,14-18-7-6-8-20(24)13-18)16-27-22(25-3)26-15-17-9-11-19(12-10-17)21(29)28(4)5;/h6-13H,14-16H2,1-5H3,(H2,25,26,27);1H. The third kappa shape index (κ3) is 8.52. The number of benzene rings is 2. The van der Waals surface area contributed by atoms with E-state index in [2.05, 4.69) is 35.5 Å². The molecule has 1 amide bonds. The molecule has 0 unspecified atom stereocenters. The Bertz CT molecular complexity index is 851. The Hall–Kier alpha value is -1.80. The van der Waals surface area contributed by atoms with Crippen molar-refractivity contribution in [1.29, 1.82) is 0 Å². The Labute approximate surface area is 202 Å². The highest BCUT2D eigenvalue weighted by atomic mass is 127. The number of aliphatic imine (C=N–C) groups is 1. The van der Waals surface area contributed by atoms with E-state index in [1.54, 1.807) is 26.0 Å². The van der Waals surface area contributed by atoms with Gasteiger partial charge in [0.1, 0.15) is 0 Å². The monoisotopic (exact) mass is 542 g/mol. The van der Waals surface area contributed by atoms with Crippen molar-refractivity contribution in [2.24, 2.45) is 10.4 Å². The van der Waals surface area contributed by atoms with Crippen LogP contribution < -0.4 is 10.6 Å². The summed E-state index contributed by atoms with van der Waals surface area (Å²) in [6, 6.07) is 15.6. The van der Waals surface area contributed by atoms with Crippen LogP contribution in [-0.4, -0.2) is 44.5 Å². The maximum Gasteiger partial charge on any atom is 0.253 e. The van der Waals surface area contributed by atoms with Gasteiger partial charge in [-0.3, -0.25) is 9.79 Å². The molecule has 7 heteroatoms. The third-order valence-electron chi connectivity index (χ3n) is 4.60. The van der Waals surface area contributed by atoms with Crippen molar-refractivity contribution < 1.29 is 4.79 Å². The highest BCUT2D eigenvalue weighted by Crippen LogP contribution is 2.22. The summed E-state index contributed by atoms with van der Waals surface area (Å²) in [6.45, 7) is 5.84. The fraction of sp³-hybridized carbons (Fsp3) is 0.391. The maximum atomic E-state index is 12.0. The van der Waals surface area contributed by atoms with Gasteiger partial charge in [0.2, 0.25) is 0 Å². The molecule has 0 aliphatic heterocycles. The first-order valence-corrected chi connectivity index (χ1v) is 10.1. The van der Waals surface area contributed by atoms with Crippen LogP contribution in [0, 0.1) is 5.41 Å². The average molecular weight is 543 g/mol. The van der Waals surface area contributed by atoms with Gasteiger partial charge in [-0.2, -0.15) is 0 Å². The quantitative estimate of drug-likeness (QED) is 0.306. The summed E-state index contributed by atoms with van der Waals surface area (Å²) in [5, 5.41) is 7.50. The molecule has 0 atom stereocenters. The van der Waals surface area contributed by atoms with Crippen LogP contribution in [0.2, 0.25) is 5.02 Å². The average Bonchev–Trinajstić information content (AvgIpc) is 2.67. The second-order valence-corrected chi connectivity index (χ2v) is 8.58. The van der Waals surface area contributed by atoms with Gasteiger partial charge in [0.05, 0.1) is 0 Å². The summed E-state index contributed by atoms with van der Waals surface area (Å²) in [5.41, 5.74) is 3.03. The fourth-order valence-corrected chi connectivity index (χ4v) is 3.23. The smallest absolute Gasteiger partial charge is 0.253 e. The van der Waals surface area contributed by atoms with Crippen LogP contribution in [-0.2, 0) is 13.0 Å². The third-order valence-corrected chi connectivity index (χ3v) is 4.83. The highest BCUT2D eigenvalue weighted by Gasteiger charge is 2.19. The van der Waals surface area contributed by atoms with Gasteiger partial charge in [0.25, 0.3) is 5.91 Å². The van der Waals surface area contributed by atoms with Crippen molar-refractivity contribution in [3.8, 4) is 0 Å². The Morgan fingerprint density at radius 3 is 2.30 bits per heavy atom. The lowest BCUT2D eigenvalue weighted by Crippen LogP contribution is -2.42. The lowest BCUT2D eigenvalue weighted by atomic mass is 9.86. The molecule has 5 nitrogen and oxygen atoms in total. The number of rotatable bonds is 7. The molecule has 2 aromatic rings. The normalized spacial score (nSPS) is 11.5. The number of amides is 1. The van der Waals surface area contributed by atoms with E-state index >= 15 is 0 Å². The number of nitrogens with one attached hydrogen (secondary N) is 2. The molecular weight excluding hydrogens is 511 g/mol. The lowest BCUT2D eigenvalue weighted by molar-refractivity contribution is 0.0827. The maximum absolute atomic E-state index is 12.0. The first kappa shape index (κ1) is 26.2. The summed E-state index contributed by atoms with van der Waals surface area (Å²) < 4.78 is 0. The molecule has 30 heavy (non-hydrogen) atoms. The molecule has 164 valence electrons. The van der Waals surface area contributed by atoms with Gasteiger partial charge in [-0.05, 0) is 47.2 Å². The molecule has 0 saturated heterocycles. The van der Waals surface area contributed by atoms with E-state index in [0.717, 1.165) is 29.5 Å². The Morgan fingerprint density at radius 1 is 1.07 bits per heavy atom. The first-order valence-electron chi connectivity index (χ1n) is 9.70. The van der Waals surface area contributed by atoms with E-state index in [1.807, 2.05) is 42.5 Å². The Balaban J connectivity index is 0.00000450. The van der Waals surface area contributed by atoms with Gasteiger partial charge in [-0.25, -0.2) is 0 Å². The zero-order chi connectivity index (χ0) is 21.4. The van der Waals surface area contributed by atoms with Crippen LogP contribution in [0.4, 0.5) is 0 Å². The van der Waals surface area contributed by atoms with E-state index < -0.39 is 0 Å². The lowest BCUT2D eigenvalue weighted by Gasteiger charge is -2.26. The number of guanidine groups is 1. The molecule has 0 radical (unpaired) electrons. The summed E-state index contributed by atoms with van der Waals surface area (Å²) in [5.74, 6) is 0.751. The SMILES string of the molecule is CN=C(NCc1ccc(C(=O)N(C)C)cc1)NCC(C)(C)Cc1cccc(Cl)c1.I. The van der Waals surface area contributed by atoms with Gasteiger partial charge in [0, 0.05) is 44.8 Å². The minimum absolute atomic E-state index is 0. The summed E-state index contributed by atoms with van der Waals surface area (Å²) in [7, 11) is 5.26. The fourth-order valence-electron chi connectivity index (χ4n) is 3.01. The van der Waals surface area contributed by atoms with Gasteiger partial charge in [-0.1, -0.05) is 49.7 Å². The predicted molar refractivity (Wildman–Crippen MR) is 137 cm³/mol. The summed E-state index contributed by atoms with van der Waals surface area (Å²) in [6.07, 6.45) is 0.916. The number of hydrogen-bond acceptors (Lipinski definition) is 2. The van der Waals surface area contributed by atoms with Crippen LogP contribution in [0.5, 0.6) is 0 Å². The zero-order valence-electron chi connectivity index (χ0n) is 18.3. The van der Waals surface area contributed by atoms with Crippen LogP contribution in [0.25, 0.3) is 0 Å².